The number of sulfonamides is 1. The molecule has 0 unspecified atom stereocenters. The lowest BCUT2D eigenvalue weighted by molar-refractivity contribution is -0.145. The molecule has 1 fully saturated rings. The molecule has 8 nitrogen and oxygen atoms in total. The Kier molecular flexibility index (Phi) is 5.97. The van der Waals surface area contributed by atoms with Crippen molar-refractivity contribution in [3.63, 3.8) is 0 Å². The van der Waals surface area contributed by atoms with Crippen molar-refractivity contribution >= 4 is 22.0 Å². The Morgan fingerprint density at radius 2 is 1.76 bits per heavy atom. The number of hydrogen-bond acceptors (Lipinski definition) is 4. The van der Waals surface area contributed by atoms with E-state index < -0.39 is 27.6 Å². The first-order valence-corrected chi connectivity index (χ1v) is 8.50. The summed E-state index contributed by atoms with van der Waals surface area (Å²) >= 11 is 0. The highest BCUT2D eigenvalue weighted by Crippen LogP contribution is 2.28. The van der Waals surface area contributed by atoms with E-state index in [-0.39, 0.29) is 12.3 Å². The van der Waals surface area contributed by atoms with E-state index in [1.54, 1.807) is 0 Å². The van der Waals surface area contributed by atoms with Gasteiger partial charge < -0.3 is 15.7 Å². The number of urea groups is 1. The van der Waals surface area contributed by atoms with Crippen molar-refractivity contribution in [2.45, 2.75) is 37.6 Å². The third kappa shape index (κ3) is 4.85. The topological polar surface area (TPSA) is 116 Å². The number of nitrogens with one attached hydrogen (secondary N) is 2. The number of carboxylic acid groups (broad SMARTS) is 1. The third-order valence-corrected chi connectivity index (χ3v) is 5.50. The quantitative estimate of drug-likeness (QED) is 0.635. The van der Waals surface area contributed by atoms with Crippen molar-refractivity contribution in [1.29, 1.82) is 0 Å². The summed E-state index contributed by atoms with van der Waals surface area (Å²) in [5.74, 6) is -1.27. The number of aliphatic carboxylic acids is 1. The highest BCUT2D eigenvalue weighted by Gasteiger charge is 2.40. The number of amides is 2. The molecular weight excluding hydrogens is 298 g/mol. The van der Waals surface area contributed by atoms with Gasteiger partial charge in [-0.05, 0) is 12.8 Å². The molecule has 3 N–H and O–H groups in total. The van der Waals surface area contributed by atoms with Crippen molar-refractivity contribution in [1.82, 2.24) is 14.9 Å². The van der Waals surface area contributed by atoms with Crippen molar-refractivity contribution < 1.29 is 23.1 Å². The van der Waals surface area contributed by atoms with Crippen molar-refractivity contribution in [2.75, 3.05) is 26.4 Å². The number of hydrogen-bond donors (Lipinski definition) is 3. The first kappa shape index (κ1) is 17.7. The van der Waals surface area contributed by atoms with Gasteiger partial charge in [-0.25, -0.2) is 22.3 Å². The molecule has 0 atom stereocenters. The average Bonchev–Trinajstić information content (AvgIpc) is 2.39. The maximum absolute atomic E-state index is 11.8. The van der Waals surface area contributed by atoms with Gasteiger partial charge in [0.05, 0.1) is 5.75 Å². The summed E-state index contributed by atoms with van der Waals surface area (Å²) in [5.41, 5.74) is -1.23. The van der Waals surface area contributed by atoms with Gasteiger partial charge in [-0.15, -0.1) is 0 Å². The Labute approximate surface area is 124 Å². The van der Waals surface area contributed by atoms with Gasteiger partial charge in [0.2, 0.25) is 10.0 Å². The predicted molar refractivity (Wildman–Crippen MR) is 77.5 cm³/mol. The van der Waals surface area contributed by atoms with Crippen molar-refractivity contribution in [3.8, 4) is 0 Å². The standard InChI is InChI=1S/C12H23N3O5S/c1-15(2)21(19,20)9-8-13-11(18)14-12(10(16)17)6-4-3-5-7-12/h3-9H2,1-2H3,(H,16,17)(H2,13,14,18). The lowest BCUT2D eigenvalue weighted by atomic mass is 9.82. The fourth-order valence-corrected chi connectivity index (χ4v) is 3.01. The normalized spacial score (nSPS) is 18.2. The van der Waals surface area contributed by atoms with Crippen LogP contribution in [0.4, 0.5) is 4.79 Å². The maximum Gasteiger partial charge on any atom is 0.329 e. The molecule has 0 radical (unpaired) electrons. The van der Waals surface area contributed by atoms with Crippen LogP contribution < -0.4 is 10.6 Å². The summed E-state index contributed by atoms with van der Waals surface area (Å²) in [4.78, 5) is 23.2. The van der Waals surface area contributed by atoms with E-state index in [4.69, 9.17) is 0 Å². The minimum absolute atomic E-state index is 0.0674. The molecule has 1 aliphatic carbocycles. The summed E-state index contributed by atoms with van der Waals surface area (Å²) in [6.45, 7) is -0.0674. The number of carbonyl (C=O) groups is 2. The summed E-state index contributed by atoms with van der Waals surface area (Å²) in [7, 11) is -0.557. The van der Waals surface area contributed by atoms with Gasteiger partial charge in [0.25, 0.3) is 0 Å². The smallest absolute Gasteiger partial charge is 0.329 e. The average molecular weight is 321 g/mol. The molecule has 9 heteroatoms. The zero-order chi connectivity index (χ0) is 16.1. The Balaban J connectivity index is 2.50. The van der Waals surface area contributed by atoms with E-state index in [2.05, 4.69) is 10.6 Å². The van der Waals surface area contributed by atoms with Crippen LogP contribution in [0.3, 0.4) is 0 Å². The Bertz CT molecular complexity index is 483. The zero-order valence-electron chi connectivity index (χ0n) is 12.4. The van der Waals surface area contributed by atoms with Crippen LogP contribution in [0.1, 0.15) is 32.1 Å². The molecule has 0 aliphatic heterocycles. The zero-order valence-corrected chi connectivity index (χ0v) is 13.2. The molecule has 0 heterocycles. The number of carboxylic acids is 1. The highest BCUT2D eigenvalue weighted by molar-refractivity contribution is 7.89. The number of rotatable bonds is 6. The SMILES string of the molecule is CN(C)S(=O)(=O)CCNC(=O)NC1(C(=O)O)CCCCC1. The van der Waals surface area contributed by atoms with Gasteiger partial charge in [0, 0.05) is 20.6 Å². The Hall–Kier alpha value is -1.35. The summed E-state index contributed by atoms with van der Waals surface area (Å²) in [6, 6.07) is -0.645. The minimum atomic E-state index is -3.38. The second kappa shape index (κ2) is 7.08. The van der Waals surface area contributed by atoms with E-state index in [9.17, 15) is 23.1 Å². The molecule has 1 rings (SSSR count). The van der Waals surface area contributed by atoms with Gasteiger partial charge in [-0.3, -0.25) is 0 Å². The van der Waals surface area contributed by atoms with Gasteiger partial charge in [-0.2, -0.15) is 0 Å². The largest absolute Gasteiger partial charge is 0.480 e. The van der Waals surface area contributed by atoms with E-state index >= 15 is 0 Å². The minimum Gasteiger partial charge on any atom is -0.480 e. The van der Waals surface area contributed by atoms with Crippen molar-refractivity contribution in [2.24, 2.45) is 0 Å². The lowest BCUT2D eigenvalue weighted by Crippen LogP contribution is -2.58. The van der Waals surface area contributed by atoms with Crippen LogP contribution in [0.5, 0.6) is 0 Å². The van der Waals surface area contributed by atoms with Crippen molar-refractivity contribution in [3.05, 3.63) is 0 Å². The molecule has 0 bridgehead atoms. The van der Waals surface area contributed by atoms with Crippen LogP contribution in [0.2, 0.25) is 0 Å². The molecule has 0 saturated heterocycles. The van der Waals surface area contributed by atoms with Gasteiger partial charge in [0.1, 0.15) is 5.54 Å². The summed E-state index contributed by atoms with van der Waals surface area (Å²) in [5, 5.41) is 14.2. The molecule has 0 aromatic heterocycles. The molecule has 21 heavy (non-hydrogen) atoms. The Morgan fingerprint density at radius 3 is 2.24 bits per heavy atom. The third-order valence-electron chi connectivity index (χ3n) is 3.67. The van der Waals surface area contributed by atoms with Crippen LogP contribution in [0, 0.1) is 0 Å². The number of carbonyl (C=O) groups excluding carboxylic acids is 1. The summed E-state index contributed by atoms with van der Waals surface area (Å²) < 4.78 is 24.1. The highest BCUT2D eigenvalue weighted by atomic mass is 32.2. The fraction of sp³-hybridized carbons (Fsp3) is 0.833. The lowest BCUT2D eigenvalue weighted by Gasteiger charge is -2.33. The Morgan fingerprint density at radius 1 is 1.19 bits per heavy atom. The fourth-order valence-electron chi connectivity index (χ4n) is 2.29. The first-order valence-electron chi connectivity index (χ1n) is 6.89. The predicted octanol–water partition coefficient (Wildman–Crippen LogP) is -0.0355. The molecular formula is C12H23N3O5S. The van der Waals surface area contributed by atoms with Crippen LogP contribution in [-0.2, 0) is 14.8 Å². The molecule has 122 valence electrons. The summed E-state index contributed by atoms with van der Waals surface area (Å²) in [6.07, 6.45) is 3.25. The maximum atomic E-state index is 11.8. The number of nitrogens with zero attached hydrogens (tertiary/aromatic N) is 1. The molecule has 0 aromatic carbocycles. The second-order valence-corrected chi connectivity index (χ2v) is 7.73. The van der Waals surface area contributed by atoms with Crippen LogP contribution >= 0.6 is 0 Å². The van der Waals surface area contributed by atoms with Crippen LogP contribution in [0.25, 0.3) is 0 Å². The monoisotopic (exact) mass is 321 g/mol. The van der Waals surface area contributed by atoms with Gasteiger partial charge >= 0.3 is 12.0 Å². The van der Waals surface area contributed by atoms with E-state index in [1.807, 2.05) is 0 Å². The molecule has 0 aromatic rings. The van der Waals surface area contributed by atoms with E-state index in [0.717, 1.165) is 23.6 Å². The second-order valence-electron chi connectivity index (χ2n) is 5.43. The van der Waals surface area contributed by atoms with Crippen LogP contribution in [0.15, 0.2) is 0 Å². The van der Waals surface area contributed by atoms with Gasteiger partial charge in [0.15, 0.2) is 0 Å². The van der Waals surface area contributed by atoms with Gasteiger partial charge in [-0.1, -0.05) is 19.3 Å². The molecule has 2 amide bonds. The molecule has 0 spiro atoms. The molecule has 1 saturated carbocycles. The first-order chi connectivity index (χ1) is 9.69. The van der Waals surface area contributed by atoms with E-state index in [0.29, 0.717) is 12.8 Å². The van der Waals surface area contributed by atoms with E-state index in [1.165, 1.54) is 14.1 Å². The van der Waals surface area contributed by atoms with Crippen LogP contribution in [-0.4, -0.2) is 61.8 Å². The molecule has 1 aliphatic rings.